The number of benzene rings is 9. The number of thioether (sulfide) groups is 1. The van der Waals surface area contributed by atoms with Gasteiger partial charge in [-0.1, -0.05) is 213 Å². The SMILES string of the molecule is CCS[C@@H]1O[C@H](COCc2ccccc2)[C@@H](O[C@@H]2O[C@H](COC(=O)c3ccccc3)[C@H](OC(=O)c3ccccc3)[C@H](OC(=O)c3ccccc3)[C@H]2OC(=O)c2ccccc2)[C@H](O[C@@H]2O[C@@H](C)[C@@H](OCc3ccccc3)[C@@H](OCc3ccccc3)[C@@H]2OCc2ccccc2)[C@H]1N1C(=O)c2ccccc2C1=O. The molecular weight excluding hydrogens is 1360 g/mol. The van der Waals surface area contributed by atoms with Gasteiger partial charge in [0.2, 0.25) is 0 Å². The molecule has 3 saturated heterocycles. The minimum Gasteiger partial charge on any atom is -0.459 e. The van der Waals surface area contributed by atoms with Crippen molar-refractivity contribution in [3.8, 4) is 0 Å². The van der Waals surface area contributed by atoms with Crippen LogP contribution in [0.4, 0.5) is 0 Å². The summed E-state index contributed by atoms with van der Waals surface area (Å²) in [6.07, 6.45) is -19.2. The van der Waals surface area contributed by atoms with E-state index in [0.29, 0.717) is 5.75 Å². The van der Waals surface area contributed by atoms with Crippen LogP contribution in [0.5, 0.6) is 0 Å². The number of imide groups is 1. The van der Waals surface area contributed by atoms with E-state index in [-0.39, 0.29) is 66.4 Å². The molecule has 4 aliphatic heterocycles. The normalized spacial score (nSPS) is 25.0. The van der Waals surface area contributed by atoms with Gasteiger partial charge in [0.15, 0.2) is 30.9 Å². The van der Waals surface area contributed by atoms with Crippen LogP contribution in [-0.4, -0.2) is 151 Å². The Morgan fingerprint density at radius 2 is 0.743 bits per heavy atom. The molecule has 4 heterocycles. The van der Waals surface area contributed by atoms with Gasteiger partial charge in [0.1, 0.15) is 60.8 Å². The van der Waals surface area contributed by atoms with Crippen molar-refractivity contribution in [3.05, 3.63) is 323 Å². The van der Waals surface area contributed by atoms with Crippen molar-refractivity contribution in [2.75, 3.05) is 19.0 Å². The van der Waals surface area contributed by atoms with E-state index in [9.17, 15) is 9.59 Å². The first-order valence-corrected chi connectivity index (χ1v) is 36.0. The third kappa shape index (κ3) is 18.0. The van der Waals surface area contributed by atoms with Crippen LogP contribution in [0.2, 0.25) is 0 Å². The van der Waals surface area contributed by atoms with E-state index >= 15 is 19.2 Å². The van der Waals surface area contributed by atoms with Crippen molar-refractivity contribution in [3.63, 3.8) is 0 Å². The van der Waals surface area contributed by atoms with Crippen molar-refractivity contribution in [2.45, 2.75) is 131 Å². The Kier molecular flexibility index (Phi) is 24.9. The third-order valence-electron chi connectivity index (χ3n) is 18.4. The molecule has 9 aromatic rings. The van der Waals surface area contributed by atoms with Gasteiger partial charge in [0, 0.05) is 0 Å². The number of hydrogen-bond acceptors (Lipinski definition) is 20. The average molecular weight is 1440 g/mol. The summed E-state index contributed by atoms with van der Waals surface area (Å²) in [6.45, 7) is 3.03. The van der Waals surface area contributed by atoms with E-state index in [0.717, 1.165) is 27.2 Å². The van der Waals surface area contributed by atoms with Gasteiger partial charge in [-0.3, -0.25) is 14.5 Å². The molecule has 21 heteroatoms. The van der Waals surface area contributed by atoms with E-state index in [1.165, 1.54) is 48.2 Å². The van der Waals surface area contributed by atoms with Crippen LogP contribution in [0.25, 0.3) is 0 Å². The maximum absolute atomic E-state index is 15.6. The Hall–Kier alpha value is -10.0. The first-order valence-electron chi connectivity index (χ1n) is 34.9. The molecule has 2 amide bonds. The number of fused-ring (bicyclic) bond motifs is 1. The van der Waals surface area contributed by atoms with Gasteiger partial charge in [-0.05, 0) is 95.6 Å². The Labute approximate surface area is 612 Å². The van der Waals surface area contributed by atoms with E-state index in [1.54, 1.807) is 109 Å². The molecule has 9 aromatic carbocycles. The lowest BCUT2D eigenvalue weighted by molar-refractivity contribution is -0.366. The third-order valence-corrected chi connectivity index (χ3v) is 19.4. The zero-order chi connectivity index (χ0) is 72.4. The standard InChI is InChI=1S/C84H79NO19S/c1-3-105-84-67(85-76(86)63-46-28-29-47-64(63)77(85)87)71(104-82-74(95-51-58-36-18-7-19-37-58)72(94-50-57-34-16-6-17-35-57)68(54(2)97-82)93-49-56-32-14-5-15-33-56)69(65(99-84)52-92-48-55-30-12-4-13-31-55)103-83-75(102-81(91)62-44-26-11-27-45-62)73(101-80(90)61-42-24-10-25-43-61)70(100-79(89)60-40-22-9-23-41-60)66(98-83)53-96-78(88)59-38-20-8-21-39-59/h4-47,54,65-75,82-84H,3,48-53H2,1-2H3/t54-,65+,66+,67+,68+,69+,70-,71+,72+,73-,74-,75+,82-,83-,84-/m0/s1. The summed E-state index contributed by atoms with van der Waals surface area (Å²) in [7, 11) is 0. The molecule has 20 nitrogen and oxygen atoms in total. The van der Waals surface area contributed by atoms with Gasteiger partial charge in [-0.2, -0.15) is 0 Å². The first kappa shape index (κ1) is 73.3. The lowest BCUT2D eigenvalue weighted by Gasteiger charge is -2.53. The molecule has 15 atom stereocenters. The molecule has 105 heavy (non-hydrogen) atoms. The van der Waals surface area contributed by atoms with Gasteiger partial charge in [-0.25, -0.2) is 19.2 Å². The molecule has 4 aliphatic rings. The average Bonchev–Trinajstić information content (AvgIpc) is 1.68. The van der Waals surface area contributed by atoms with E-state index in [1.807, 2.05) is 135 Å². The molecule has 0 bridgehead atoms. The van der Waals surface area contributed by atoms with Gasteiger partial charge in [-0.15, -0.1) is 11.8 Å². The predicted octanol–water partition coefficient (Wildman–Crippen LogP) is 12.9. The fraction of sp³-hybridized carbons (Fsp3) is 0.286. The van der Waals surface area contributed by atoms with Gasteiger partial charge < -0.3 is 61.6 Å². The van der Waals surface area contributed by atoms with Crippen LogP contribution < -0.4 is 0 Å². The summed E-state index contributed by atoms with van der Waals surface area (Å²) in [4.78, 5) is 91.4. The monoisotopic (exact) mass is 1440 g/mol. The van der Waals surface area contributed by atoms with E-state index in [4.69, 9.17) is 61.6 Å². The Balaban J connectivity index is 0.989. The summed E-state index contributed by atoms with van der Waals surface area (Å²) in [5, 5.41) is 0. The second-order valence-electron chi connectivity index (χ2n) is 25.4. The molecule has 0 aromatic heterocycles. The van der Waals surface area contributed by atoms with Crippen molar-refractivity contribution in [1.29, 1.82) is 0 Å². The lowest BCUT2D eigenvalue weighted by atomic mass is 9.93. The predicted molar refractivity (Wildman–Crippen MR) is 385 cm³/mol. The van der Waals surface area contributed by atoms with Crippen molar-refractivity contribution >= 4 is 47.5 Å². The second kappa shape index (κ2) is 35.6. The molecule has 540 valence electrons. The molecular formula is C84H79NO19S. The number of carbonyl (C=O) groups excluding carboxylic acids is 6. The lowest BCUT2D eigenvalue weighted by Crippen LogP contribution is -2.70. The number of carbonyl (C=O) groups is 6. The molecule has 0 radical (unpaired) electrons. The molecule has 0 spiro atoms. The Morgan fingerprint density at radius 3 is 1.21 bits per heavy atom. The number of hydrogen-bond donors (Lipinski definition) is 0. The first-order chi connectivity index (χ1) is 51.5. The van der Waals surface area contributed by atoms with E-state index in [2.05, 4.69) is 0 Å². The number of nitrogens with zero attached hydrogens (tertiary/aromatic N) is 1. The van der Waals surface area contributed by atoms with Crippen LogP contribution in [0.15, 0.2) is 267 Å². The van der Waals surface area contributed by atoms with Gasteiger partial charge >= 0.3 is 23.9 Å². The molecule has 0 N–H and O–H groups in total. The van der Waals surface area contributed by atoms with Crippen molar-refractivity contribution in [2.24, 2.45) is 0 Å². The highest BCUT2D eigenvalue weighted by atomic mass is 32.2. The van der Waals surface area contributed by atoms with Crippen LogP contribution in [-0.2, 0) is 88.0 Å². The van der Waals surface area contributed by atoms with Gasteiger partial charge in [0.05, 0.1) is 72.5 Å². The molecule has 13 rings (SSSR count). The van der Waals surface area contributed by atoms with Crippen LogP contribution >= 0.6 is 11.8 Å². The summed E-state index contributed by atoms with van der Waals surface area (Å²) in [5.74, 6) is -4.63. The highest BCUT2D eigenvalue weighted by Gasteiger charge is 2.61. The fourth-order valence-electron chi connectivity index (χ4n) is 13.2. The zero-order valence-electron chi connectivity index (χ0n) is 57.6. The maximum Gasteiger partial charge on any atom is 0.338 e. The molecule has 0 saturated carbocycles. The minimum absolute atomic E-state index is 0.000767. The minimum atomic E-state index is -2.00. The zero-order valence-corrected chi connectivity index (χ0v) is 58.4. The quantitative estimate of drug-likeness (QED) is 0.0241. The fourth-order valence-corrected chi connectivity index (χ4v) is 14.2. The Morgan fingerprint density at radius 1 is 0.371 bits per heavy atom. The largest absolute Gasteiger partial charge is 0.459 e. The van der Waals surface area contributed by atoms with Gasteiger partial charge in [0.25, 0.3) is 11.8 Å². The number of rotatable bonds is 29. The molecule has 0 unspecified atom stereocenters. The summed E-state index contributed by atoms with van der Waals surface area (Å²) < 4.78 is 90.6. The molecule has 3 fully saturated rings. The van der Waals surface area contributed by atoms with Crippen LogP contribution in [0, 0.1) is 0 Å². The highest BCUT2D eigenvalue weighted by molar-refractivity contribution is 7.99. The number of esters is 4. The highest BCUT2D eigenvalue weighted by Crippen LogP contribution is 2.43. The second-order valence-corrected chi connectivity index (χ2v) is 26.8. The maximum atomic E-state index is 15.6. The van der Waals surface area contributed by atoms with Crippen molar-refractivity contribution in [1.82, 2.24) is 4.90 Å². The van der Waals surface area contributed by atoms with Crippen molar-refractivity contribution < 1.29 is 90.3 Å². The number of ether oxygens (including phenoxy) is 13. The summed E-state index contributed by atoms with van der Waals surface area (Å²) in [6, 6.07) is 75.3. The van der Waals surface area contributed by atoms with Crippen LogP contribution in [0.1, 0.15) is 98.2 Å². The van der Waals surface area contributed by atoms with E-state index < -0.39 is 133 Å². The summed E-state index contributed by atoms with van der Waals surface area (Å²) in [5.41, 5.74) is 2.72. The topological polar surface area (TPSA) is 226 Å². The molecule has 0 aliphatic carbocycles. The smallest absolute Gasteiger partial charge is 0.338 e. The summed E-state index contributed by atoms with van der Waals surface area (Å²) >= 11 is 1.29. The number of amides is 2. The van der Waals surface area contributed by atoms with Crippen LogP contribution in [0.3, 0.4) is 0 Å². The Bertz CT molecular complexity index is 4270.